The zero-order chi connectivity index (χ0) is 38.5. The smallest absolute Gasteiger partial charge is 0.246 e. The Labute approximate surface area is 325 Å². The largest absolute Gasteiger partial charge is 0.391 e. The molecule has 0 unspecified atom stereocenters. The van der Waals surface area contributed by atoms with E-state index in [0.717, 1.165) is 27.0 Å². The number of nitrogens with zero attached hydrogens (tertiary/aromatic N) is 2. The minimum atomic E-state index is -0.908. The topological polar surface area (TPSA) is 167 Å². The van der Waals surface area contributed by atoms with Gasteiger partial charge in [0.2, 0.25) is 17.7 Å². The predicted molar refractivity (Wildman–Crippen MR) is 205 cm³/mol. The lowest BCUT2D eigenvalue weighted by Crippen LogP contribution is -2.57. The molecule has 2 heterocycles. The maximum atomic E-state index is 13.8. The van der Waals surface area contributed by atoms with Crippen molar-refractivity contribution in [2.75, 3.05) is 91.2 Å². The fraction of sp³-hybridized carbons (Fsp3) is 0.676. The molecule has 0 saturated carbocycles. The Bertz CT molecular complexity index is 1360. The van der Waals surface area contributed by atoms with E-state index < -0.39 is 29.5 Å². The SMILES string of the molecule is Cc1ncsc1-c1ccc(CNC(=O)[C@@H]2C[C@@H](O)CN2C(=O)[C@@H](NC(=O)CCOCCOCCOCCOCCOCCOCCBr)C(C)(C)C)cc1. The summed E-state index contributed by atoms with van der Waals surface area (Å²) in [6.07, 6.45) is -0.681. The molecule has 16 heteroatoms. The van der Waals surface area contributed by atoms with Crippen molar-refractivity contribution in [3.05, 3.63) is 41.0 Å². The number of hydrogen-bond donors (Lipinski definition) is 3. The number of β-amino-alcohol motifs (C(OH)–C–C–N with tert-alkyl or cyclic N) is 1. The van der Waals surface area contributed by atoms with Gasteiger partial charge in [0, 0.05) is 31.3 Å². The van der Waals surface area contributed by atoms with E-state index in [0.29, 0.717) is 72.7 Å². The monoisotopic (exact) mass is 828 g/mol. The van der Waals surface area contributed by atoms with Gasteiger partial charge < -0.3 is 49.1 Å². The lowest BCUT2D eigenvalue weighted by atomic mass is 9.85. The van der Waals surface area contributed by atoms with Crippen molar-refractivity contribution in [3.63, 3.8) is 0 Å². The fourth-order valence-corrected chi connectivity index (χ4v) is 6.48. The number of halogens is 1. The van der Waals surface area contributed by atoms with Crippen LogP contribution in [0.4, 0.5) is 0 Å². The van der Waals surface area contributed by atoms with Crippen LogP contribution < -0.4 is 10.6 Å². The third-order valence-electron chi connectivity index (χ3n) is 8.27. The molecular weight excluding hydrogens is 772 g/mol. The van der Waals surface area contributed by atoms with Gasteiger partial charge in [-0.15, -0.1) is 11.3 Å². The highest BCUT2D eigenvalue weighted by Gasteiger charge is 2.44. The molecule has 0 radical (unpaired) electrons. The van der Waals surface area contributed by atoms with Crippen molar-refractivity contribution in [1.29, 1.82) is 0 Å². The van der Waals surface area contributed by atoms with E-state index in [2.05, 4.69) is 31.5 Å². The van der Waals surface area contributed by atoms with Crippen molar-refractivity contribution < 1.29 is 47.9 Å². The highest BCUT2D eigenvalue weighted by atomic mass is 79.9. The Morgan fingerprint density at radius 3 is 1.91 bits per heavy atom. The van der Waals surface area contributed by atoms with Crippen LogP contribution in [-0.4, -0.2) is 142 Å². The number of rotatable bonds is 26. The Balaban J connectivity index is 1.30. The molecule has 2 aromatic rings. The molecule has 0 spiro atoms. The molecular formula is C37H57BrN4O10S. The Morgan fingerprint density at radius 1 is 0.887 bits per heavy atom. The van der Waals surface area contributed by atoms with Crippen LogP contribution >= 0.6 is 27.3 Å². The summed E-state index contributed by atoms with van der Waals surface area (Å²) in [7, 11) is 0. The summed E-state index contributed by atoms with van der Waals surface area (Å²) < 4.78 is 32.7. The molecule has 1 aliphatic heterocycles. The second-order valence-electron chi connectivity index (χ2n) is 13.6. The molecule has 14 nitrogen and oxygen atoms in total. The average molecular weight is 830 g/mol. The molecule has 1 aliphatic rings. The molecule has 1 fully saturated rings. The van der Waals surface area contributed by atoms with Gasteiger partial charge in [0.05, 0.1) is 101 Å². The number of aromatic nitrogens is 1. The highest BCUT2D eigenvalue weighted by molar-refractivity contribution is 9.09. The van der Waals surface area contributed by atoms with Crippen molar-refractivity contribution in [2.45, 2.75) is 65.3 Å². The van der Waals surface area contributed by atoms with Crippen molar-refractivity contribution in [2.24, 2.45) is 5.41 Å². The Hall–Kier alpha value is -2.54. The third kappa shape index (κ3) is 16.8. The molecule has 3 N–H and O–H groups in total. The number of amides is 3. The van der Waals surface area contributed by atoms with Gasteiger partial charge in [0.15, 0.2) is 0 Å². The first kappa shape index (κ1) is 44.9. The summed E-state index contributed by atoms with van der Waals surface area (Å²) >= 11 is 4.87. The number of carbonyl (C=O) groups is 3. The highest BCUT2D eigenvalue weighted by Crippen LogP contribution is 2.28. The maximum absolute atomic E-state index is 13.8. The van der Waals surface area contributed by atoms with Gasteiger partial charge in [-0.2, -0.15) is 0 Å². The first-order chi connectivity index (χ1) is 25.5. The maximum Gasteiger partial charge on any atom is 0.246 e. The van der Waals surface area contributed by atoms with E-state index in [4.69, 9.17) is 28.4 Å². The average Bonchev–Trinajstić information content (AvgIpc) is 3.75. The summed E-state index contributed by atoms with van der Waals surface area (Å²) in [4.78, 5) is 46.8. The second kappa shape index (κ2) is 24.8. The van der Waals surface area contributed by atoms with Crippen LogP contribution in [0.1, 0.15) is 44.9 Å². The first-order valence-corrected chi connectivity index (χ1v) is 20.1. The van der Waals surface area contributed by atoms with E-state index in [1.54, 1.807) is 11.3 Å². The number of aliphatic hydroxyl groups excluding tert-OH is 1. The number of alkyl halides is 1. The van der Waals surface area contributed by atoms with E-state index in [9.17, 15) is 19.5 Å². The van der Waals surface area contributed by atoms with Crippen LogP contribution in [0.3, 0.4) is 0 Å². The van der Waals surface area contributed by atoms with E-state index in [1.807, 2.05) is 57.5 Å². The predicted octanol–water partition coefficient (Wildman–Crippen LogP) is 3.11. The number of thiazole rings is 1. The summed E-state index contributed by atoms with van der Waals surface area (Å²) in [5, 5.41) is 17.1. The number of nitrogens with one attached hydrogen (secondary N) is 2. The van der Waals surface area contributed by atoms with E-state index in [1.165, 1.54) is 4.90 Å². The van der Waals surface area contributed by atoms with Gasteiger partial charge in [0.25, 0.3) is 0 Å². The number of likely N-dealkylation sites (tertiary alicyclic amines) is 1. The molecule has 3 atom stereocenters. The number of benzene rings is 1. The summed E-state index contributed by atoms with van der Waals surface area (Å²) in [6.45, 7) is 13.1. The molecule has 53 heavy (non-hydrogen) atoms. The second-order valence-corrected chi connectivity index (χ2v) is 15.2. The number of aryl methyl sites for hydroxylation is 1. The first-order valence-electron chi connectivity index (χ1n) is 18.1. The van der Waals surface area contributed by atoms with Gasteiger partial charge in [0.1, 0.15) is 12.1 Å². The molecule has 1 saturated heterocycles. The molecule has 0 aliphatic carbocycles. The van der Waals surface area contributed by atoms with Gasteiger partial charge in [-0.05, 0) is 23.5 Å². The minimum absolute atomic E-state index is 0.00833. The van der Waals surface area contributed by atoms with Crippen LogP contribution in [0, 0.1) is 12.3 Å². The van der Waals surface area contributed by atoms with Gasteiger partial charge in [-0.25, -0.2) is 4.98 Å². The summed E-state index contributed by atoms with van der Waals surface area (Å²) in [5.74, 6) is -1.11. The quantitative estimate of drug-likeness (QED) is 0.0943. The van der Waals surface area contributed by atoms with Crippen molar-refractivity contribution in [1.82, 2.24) is 20.5 Å². The van der Waals surface area contributed by atoms with Crippen molar-refractivity contribution >= 4 is 45.0 Å². The Kier molecular flexibility index (Phi) is 21.0. The van der Waals surface area contributed by atoms with Gasteiger partial charge in [-0.1, -0.05) is 61.0 Å². The van der Waals surface area contributed by atoms with Crippen LogP contribution in [0.25, 0.3) is 10.4 Å². The van der Waals surface area contributed by atoms with Crippen molar-refractivity contribution in [3.8, 4) is 10.4 Å². The van der Waals surface area contributed by atoms with Crippen LogP contribution in [-0.2, 0) is 49.3 Å². The number of hydrogen-bond acceptors (Lipinski definition) is 12. The van der Waals surface area contributed by atoms with Gasteiger partial charge >= 0.3 is 0 Å². The molecule has 1 aromatic carbocycles. The lowest BCUT2D eigenvalue weighted by molar-refractivity contribution is -0.144. The minimum Gasteiger partial charge on any atom is -0.391 e. The molecule has 1 aromatic heterocycles. The number of ether oxygens (including phenoxy) is 6. The summed E-state index contributed by atoms with van der Waals surface area (Å²) in [5.41, 5.74) is 4.09. The Morgan fingerprint density at radius 2 is 1.42 bits per heavy atom. The van der Waals surface area contributed by atoms with Crippen LogP contribution in [0.5, 0.6) is 0 Å². The zero-order valence-electron chi connectivity index (χ0n) is 31.4. The molecule has 298 valence electrons. The van der Waals surface area contributed by atoms with E-state index >= 15 is 0 Å². The standard InChI is InChI=1S/C37H57BrN4O10S/c1-27-33(53-26-40-27)29-7-5-28(6-8-29)24-39-35(45)31-23-30(43)25-42(31)36(46)34(37(2,3)4)41-32(44)9-11-47-13-15-49-17-19-51-21-22-52-20-18-50-16-14-48-12-10-38/h5-8,26,30-31,34,43H,9-25H2,1-4H3,(H,39,45)(H,41,44)/t30-,31+,34-/m1/s1. The molecule has 0 bridgehead atoms. The van der Waals surface area contributed by atoms with Gasteiger partial charge in [-0.3, -0.25) is 14.4 Å². The fourth-order valence-electron chi connectivity index (χ4n) is 5.43. The number of aliphatic hydroxyl groups is 1. The van der Waals surface area contributed by atoms with Crippen LogP contribution in [0.2, 0.25) is 0 Å². The molecule has 3 rings (SSSR count). The van der Waals surface area contributed by atoms with E-state index in [-0.39, 0.29) is 44.4 Å². The normalized spacial score (nSPS) is 16.5. The summed E-state index contributed by atoms with van der Waals surface area (Å²) in [6, 6.07) is 6.12. The zero-order valence-corrected chi connectivity index (χ0v) is 33.8. The van der Waals surface area contributed by atoms with Crippen LogP contribution in [0.15, 0.2) is 29.8 Å². The molecule has 3 amide bonds. The lowest BCUT2D eigenvalue weighted by Gasteiger charge is -2.35. The third-order valence-corrected chi connectivity index (χ3v) is 9.57. The number of carbonyl (C=O) groups excluding carboxylic acids is 3.